The van der Waals surface area contributed by atoms with Crippen molar-refractivity contribution in [1.29, 1.82) is 0 Å². The molecule has 0 unspecified atom stereocenters. The number of aromatic nitrogens is 1. The van der Waals surface area contributed by atoms with E-state index in [0.29, 0.717) is 22.0 Å². The van der Waals surface area contributed by atoms with Gasteiger partial charge in [0.25, 0.3) is 0 Å². The fraction of sp³-hybridized carbons (Fsp3) is 0.118. The van der Waals surface area contributed by atoms with Gasteiger partial charge in [-0.25, -0.2) is 16.4 Å². The van der Waals surface area contributed by atoms with E-state index in [1.54, 1.807) is 0 Å². The molecule has 0 atom stereocenters. The molecule has 1 aromatic heterocycles. The number of hydrogen-bond acceptors (Lipinski definition) is 9. The molecule has 0 saturated carbocycles. The summed E-state index contributed by atoms with van der Waals surface area (Å²) in [4.78, 5) is 16.1. The van der Waals surface area contributed by atoms with Crippen LogP contribution in [0.2, 0.25) is 0 Å². The predicted octanol–water partition coefficient (Wildman–Crippen LogP) is 1.61. The summed E-state index contributed by atoms with van der Waals surface area (Å²) in [7, 11) is 0. The normalized spacial score (nSPS) is 11.7. The molecule has 0 fully saturated rings. The van der Waals surface area contributed by atoms with E-state index in [1.165, 1.54) is 11.3 Å². The summed E-state index contributed by atoms with van der Waals surface area (Å²) >= 11 is 2.37. The van der Waals surface area contributed by atoms with Crippen LogP contribution in [-0.4, -0.2) is 21.9 Å². The van der Waals surface area contributed by atoms with E-state index in [2.05, 4.69) is 15.6 Å². The minimum absolute atomic E-state index is 0.0310. The van der Waals surface area contributed by atoms with Crippen molar-refractivity contribution in [2.45, 2.75) is 17.7 Å². The lowest BCUT2D eigenvalue weighted by molar-refractivity contribution is -0.136. The predicted molar refractivity (Wildman–Crippen MR) is 114 cm³/mol. The summed E-state index contributed by atoms with van der Waals surface area (Å²) in [5.41, 5.74) is 17.9. The van der Waals surface area contributed by atoms with Gasteiger partial charge in [-0.3, -0.25) is 9.93 Å². The first-order valence-corrected chi connectivity index (χ1v) is 9.84. The molecule has 0 amide bonds. The van der Waals surface area contributed by atoms with E-state index in [4.69, 9.17) is 27.6 Å². The molecule has 0 radical (unpaired) electrons. The van der Waals surface area contributed by atoms with Crippen LogP contribution in [0.1, 0.15) is 17.5 Å². The Morgan fingerprint density at radius 1 is 1.29 bits per heavy atom. The SMILES string of the molecule is NN/N=C(\N)c1c(-c2cccc3sc(N)nc23)ccc(CCC(=O)O)c1SN. The number of para-hydroxylation sites is 1. The molecule has 1 heterocycles. The number of nitrogens with zero attached hydrogens (tertiary/aromatic N) is 2. The third kappa shape index (κ3) is 3.87. The Balaban J connectivity index is 2.28. The van der Waals surface area contributed by atoms with E-state index in [9.17, 15) is 4.79 Å². The number of hydrazone groups is 1. The maximum Gasteiger partial charge on any atom is 0.303 e. The number of aliphatic carboxylic acids is 1. The zero-order chi connectivity index (χ0) is 20.3. The highest BCUT2D eigenvalue weighted by Gasteiger charge is 2.20. The second-order valence-corrected chi connectivity index (χ2v) is 7.52. The number of rotatable bonds is 7. The Morgan fingerprint density at radius 3 is 2.75 bits per heavy atom. The van der Waals surface area contributed by atoms with Crippen molar-refractivity contribution in [2.24, 2.45) is 21.8 Å². The largest absolute Gasteiger partial charge is 0.481 e. The van der Waals surface area contributed by atoms with Crippen molar-refractivity contribution < 1.29 is 9.90 Å². The van der Waals surface area contributed by atoms with E-state index in [1.807, 2.05) is 30.3 Å². The van der Waals surface area contributed by atoms with Gasteiger partial charge >= 0.3 is 5.97 Å². The number of carboxylic acid groups (broad SMARTS) is 1. The lowest BCUT2D eigenvalue weighted by atomic mass is 9.94. The van der Waals surface area contributed by atoms with Gasteiger partial charge in [0.2, 0.25) is 0 Å². The molecule has 0 saturated heterocycles. The molecule has 0 aliphatic heterocycles. The number of hydrogen-bond donors (Lipinski definition) is 6. The number of carbonyl (C=O) groups is 1. The molecule has 0 aliphatic rings. The average Bonchev–Trinajstić information content (AvgIpc) is 3.05. The van der Waals surface area contributed by atoms with Crippen molar-refractivity contribution in [1.82, 2.24) is 10.5 Å². The van der Waals surface area contributed by atoms with Crippen molar-refractivity contribution >= 4 is 50.4 Å². The fourth-order valence-corrected chi connectivity index (χ4v) is 4.40. The standard InChI is InChI=1S/C17H19N7O2S2/c18-16(23-24-20)13-9(6-4-8(15(13)28-21)5-7-12(25)26)10-2-1-3-11-14(10)22-17(19)27-11/h1-4,6,24H,5,7,20-21H2,(H2,18,23)(H2,19,22)(H,25,26). The highest BCUT2D eigenvalue weighted by molar-refractivity contribution is 7.97. The number of nitrogen functional groups attached to an aromatic ring is 1. The van der Waals surface area contributed by atoms with Gasteiger partial charge in [0.1, 0.15) is 0 Å². The van der Waals surface area contributed by atoms with Crippen LogP contribution < -0.4 is 28.0 Å². The first-order valence-electron chi connectivity index (χ1n) is 8.15. The Hall–Kier alpha value is -2.86. The van der Waals surface area contributed by atoms with E-state index in [0.717, 1.165) is 38.9 Å². The summed E-state index contributed by atoms with van der Waals surface area (Å²) < 4.78 is 0.935. The molecule has 10 N–H and O–H groups in total. The average molecular weight is 418 g/mol. The van der Waals surface area contributed by atoms with Crippen LogP contribution in [0.4, 0.5) is 5.13 Å². The molecule has 3 rings (SSSR count). The first kappa shape index (κ1) is 19.9. The Labute approximate surface area is 168 Å². The molecule has 0 bridgehead atoms. The molecule has 2 aromatic carbocycles. The molecule has 3 aromatic rings. The van der Waals surface area contributed by atoms with Crippen LogP contribution in [-0.2, 0) is 11.2 Å². The van der Waals surface area contributed by atoms with Crippen LogP contribution >= 0.6 is 23.3 Å². The van der Waals surface area contributed by atoms with Crippen LogP contribution in [0.15, 0.2) is 40.3 Å². The Morgan fingerprint density at radius 2 is 2.07 bits per heavy atom. The number of aryl methyl sites for hydroxylation is 1. The number of hydrazine groups is 1. The Bertz CT molecular complexity index is 1070. The smallest absolute Gasteiger partial charge is 0.303 e. The third-order valence-electron chi connectivity index (χ3n) is 4.13. The van der Waals surface area contributed by atoms with Gasteiger partial charge in [0, 0.05) is 22.4 Å². The second kappa shape index (κ2) is 8.44. The van der Waals surface area contributed by atoms with Gasteiger partial charge in [-0.05, 0) is 35.6 Å². The van der Waals surface area contributed by atoms with Crippen molar-refractivity contribution in [3.8, 4) is 11.1 Å². The maximum atomic E-state index is 11.0. The molecule has 146 valence electrons. The number of amidine groups is 1. The molecule has 0 aliphatic carbocycles. The lowest BCUT2D eigenvalue weighted by Crippen LogP contribution is -2.24. The number of fused-ring (bicyclic) bond motifs is 1. The number of thiazole rings is 1. The molecular weight excluding hydrogens is 398 g/mol. The summed E-state index contributed by atoms with van der Waals surface area (Å²) in [6.07, 6.45) is 0.274. The van der Waals surface area contributed by atoms with Crippen molar-refractivity contribution in [2.75, 3.05) is 5.73 Å². The summed E-state index contributed by atoms with van der Waals surface area (Å²) in [6.45, 7) is 0. The minimum atomic E-state index is -0.897. The van der Waals surface area contributed by atoms with Gasteiger partial charge in [-0.15, -0.1) is 5.10 Å². The first-order chi connectivity index (χ1) is 13.5. The monoisotopic (exact) mass is 417 g/mol. The zero-order valence-corrected chi connectivity index (χ0v) is 16.3. The quantitative estimate of drug-likeness (QED) is 0.109. The van der Waals surface area contributed by atoms with E-state index < -0.39 is 5.97 Å². The van der Waals surface area contributed by atoms with Crippen molar-refractivity contribution in [3.05, 3.63) is 41.5 Å². The number of nitrogens with one attached hydrogen (secondary N) is 1. The highest BCUT2D eigenvalue weighted by atomic mass is 32.2. The van der Waals surface area contributed by atoms with E-state index >= 15 is 0 Å². The minimum Gasteiger partial charge on any atom is -0.481 e. The van der Waals surface area contributed by atoms with Crippen LogP contribution in [0, 0.1) is 0 Å². The lowest BCUT2D eigenvalue weighted by Gasteiger charge is -2.17. The zero-order valence-electron chi connectivity index (χ0n) is 14.7. The second-order valence-electron chi connectivity index (χ2n) is 5.82. The molecule has 11 heteroatoms. The Kier molecular flexibility index (Phi) is 5.99. The molecule has 0 spiro atoms. The summed E-state index contributed by atoms with van der Waals surface area (Å²) in [5, 5.41) is 19.3. The van der Waals surface area contributed by atoms with Gasteiger partial charge in [-0.1, -0.05) is 35.6 Å². The van der Waals surface area contributed by atoms with Gasteiger partial charge in [-0.2, -0.15) is 0 Å². The fourth-order valence-electron chi connectivity index (χ4n) is 2.99. The van der Waals surface area contributed by atoms with E-state index in [-0.39, 0.29) is 12.3 Å². The molecule has 28 heavy (non-hydrogen) atoms. The van der Waals surface area contributed by atoms with Crippen LogP contribution in [0.25, 0.3) is 21.3 Å². The molecular formula is C17H19N7O2S2. The topological polar surface area (TPSA) is 179 Å². The highest BCUT2D eigenvalue weighted by Crippen LogP contribution is 2.38. The third-order valence-corrected chi connectivity index (χ3v) is 5.68. The van der Waals surface area contributed by atoms with Crippen molar-refractivity contribution in [3.63, 3.8) is 0 Å². The van der Waals surface area contributed by atoms with Gasteiger partial charge in [0.05, 0.1) is 10.2 Å². The summed E-state index contributed by atoms with van der Waals surface area (Å²) in [6, 6.07) is 9.45. The summed E-state index contributed by atoms with van der Waals surface area (Å²) in [5.74, 6) is 4.55. The maximum absolute atomic E-state index is 11.0. The number of nitrogens with two attached hydrogens (primary N) is 4. The number of carboxylic acids is 1. The van der Waals surface area contributed by atoms with Crippen LogP contribution in [0.3, 0.4) is 0 Å². The van der Waals surface area contributed by atoms with Gasteiger partial charge < -0.3 is 16.6 Å². The number of benzene rings is 2. The number of anilines is 1. The van der Waals surface area contributed by atoms with Gasteiger partial charge in [0.15, 0.2) is 11.0 Å². The van der Waals surface area contributed by atoms with Crippen LogP contribution in [0.5, 0.6) is 0 Å². The molecule has 9 nitrogen and oxygen atoms in total.